The van der Waals surface area contributed by atoms with E-state index in [1.54, 1.807) is 0 Å². The summed E-state index contributed by atoms with van der Waals surface area (Å²) in [5, 5.41) is 10.6. The van der Waals surface area contributed by atoms with Crippen molar-refractivity contribution < 1.29 is 24.2 Å². The van der Waals surface area contributed by atoms with Crippen molar-refractivity contribution in [3.63, 3.8) is 0 Å². The molecule has 0 saturated heterocycles. The molecule has 0 radical (unpaired) electrons. The minimum atomic E-state index is -0.555. The van der Waals surface area contributed by atoms with Crippen molar-refractivity contribution in [2.45, 2.75) is 155 Å². The zero-order chi connectivity index (χ0) is 28.4. The Labute approximate surface area is 237 Å². The molecule has 8 fully saturated rings. The van der Waals surface area contributed by atoms with Gasteiger partial charge >= 0.3 is 11.9 Å². The number of carbonyl (C=O) groups excluding carboxylic acids is 2. The van der Waals surface area contributed by atoms with E-state index in [2.05, 4.69) is 13.8 Å². The van der Waals surface area contributed by atoms with Crippen molar-refractivity contribution in [2.75, 3.05) is 0 Å². The molecule has 0 heterocycles. The van der Waals surface area contributed by atoms with Crippen LogP contribution in [0.4, 0.5) is 0 Å². The van der Waals surface area contributed by atoms with Gasteiger partial charge < -0.3 is 14.6 Å². The van der Waals surface area contributed by atoms with Gasteiger partial charge in [-0.2, -0.15) is 0 Å². The van der Waals surface area contributed by atoms with Crippen molar-refractivity contribution in [3.8, 4) is 0 Å². The van der Waals surface area contributed by atoms with Gasteiger partial charge in [0.2, 0.25) is 0 Å². The van der Waals surface area contributed by atoms with Crippen LogP contribution >= 0.6 is 0 Å². The molecule has 2 atom stereocenters. The number of rotatable bonds is 7. The lowest BCUT2D eigenvalue weighted by atomic mass is 9.49. The molecule has 0 aromatic carbocycles. The highest BCUT2D eigenvalue weighted by atomic mass is 16.6. The van der Waals surface area contributed by atoms with Crippen molar-refractivity contribution >= 4 is 11.9 Å². The summed E-state index contributed by atoms with van der Waals surface area (Å²) in [5.41, 5.74) is -1.79. The molecule has 0 aromatic rings. The summed E-state index contributed by atoms with van der Waals surface area (Å²) in [7, 11) is 0. The molecule has 222 valence electrons. The Bertz CT molecular complexity index is 905. The predicted molar refractivity (Wildman–Crippen MR) is 153 cm³/mol. The first-order valence-electron chi connectivity index (χ1n) is 16.4. The van der Waals surface area contributed by atoms with Crippen LogP contribution in [-0.4, -0.2) is 33.8 Å². The highest BCUT2D eigenvalue weighted by molar-refractivity contribution is 5.77. The van der Waals surface area contributed by atoms with E-state index in [9.17, 15) is 14.7 Å². The smallest absolute Gasteiger partial charge is 0.312 e. The average molecular weight is 545 g/mol. The fourth-order valence-electron chi connectivity index (χ4n) is 9.98. The molecule has 8 bridgehead atoms. The van der Waals surface area contributed by atoms with Gasteiger partial charge in [0.15, 0.2) is 0 Å². The van der Waals surface area contributed by atoms with Gasteiger partial charge in [-0.15, -0.1) is 0 Å². The molecular weight excluding hydrogens is 488 g/mol. The fourth-order valence-corrected chi connectivity index (χ4v) is 9.98. The van der Waals surface area contributed by atoms with Crippen molar-refractivity contribution in [1.82, 2.24) is 0 Å². The third-order valence-corrected chi connectivity index (χ3v) is 12.5. The third kappa shape index (κ3) is 5.32. The summed E-state index contributed by atoms with van der Waals surface area (Å²) in [6.45, 7) is 14.3. The Morgan fingerprint density at radius 2 is 1.13 bits per heavy atom. The van der Waals surface area contributed by atoms with Crippen LogP contribution in [0.5, 0.6) is 0 Å². The first-order chi connectivity index (χ1) is 18.2. The van der Waals surface area contributed by atoms with E-state index in [4.69, 9.17) is 9.47 Å². The van der Waals surface area contributed by atoms with Gasteiger partial charge in [-0.3, -0.25) is 9.59 Å². The standard InChI is InChI=1S/C18H30O2.C16H26O3/c1-5-17(3,4)16(19)20-18(6-2)14-8-12-7-13(10-14)11-15(18)9-12;1-4-14(2,3)13(17)19-16-8-11-5-12(9-16)7-15(18,6-11)10-16/h12-15H,5-11H2,1-4H3;11-12,18H,4-10H2,1-3H3. The lowest BCUT2D eigenvalue weighted by Gasteiger charge is -2.60. The van der Waals surface area contributed by atoms with E-state index in [0.717, 1.165) is 56.8 Å². The van der Waals surface area contributed by atoms with E-state index >= 15 is 0 Å². The Hall–Kier alpha value is -1.10. The van der Waals surface area contributed by atoms with Gasteiger partial charge in [0.05, 0.1) is 16.4 Å². The predicted octanol–water partition coefficient (Wildman–Crippen LogP) is 7.62. The fraction of sp³-hybridized carbons (Fsp3) is 0.941. The Balaban J connectivity index is 0.000000158. The summed E-state index contributed by atoms with van der Waals surface area (Å²) in [4.78, 5) is 25.0. The SMILES string of the molecule is CCC(C)(C)C(=O)OC1(CC)C2CC3CC(C2)CC1C3.CCC(C)(C)C(=O)OC12CC3CC(CC(O)(C3)C1)C2. The Morgan fingerprint density at radius 1 is 0.692 bits per heavy atom. The summed E-state index contributed by atoms with van der Waals surface area (Å²) >= 11 is 0. The number of esters is 2. The molecule has 0 aromatic heterocycles. The third-order valence-electron chi connectivity index (χ3n) is 12.5. The quantitative estimate of drug-likeness (QED) is 0.334. The molecular formula is C34H56O5. The largest absolute Gasteiger partial charge is 0.459 e. The normalized spacial score (nSPS) is 43.6. The second-order valence-corrected chi connectivity index (χ2v) is 16.2. The van der Waals surface area contributed by atoms with E-state index < -0.39 is 11.0 Å². The second kappa shape index (κ2) is 10.0. The molecule has 8 aliphatic rings. The molecule has 8 rings (SSSR count). The molecule has 0 spiro atoms. The molecule has 0 amide bonds. The Morgan fingerprint density at radius 3 is 1.54 bits per heavy atom. The van der Waals surface area contributed by atoms with E-state index in [0.29, 0.717) is 30.1 Å². The number of ether oxygens (including phenoxy) is 2. The lowest BCUT2D eigenvalue weighted by molar-refractivity contribution is -0.225. The number of hydrogen-bond donors (Lipinski definition) is 1. The second-order valence-electron chi connectivity index (χ2n) is 16.2. The maximum absolute atomic E-state index is 12.6. The Kier molecular flexibility index (Phi) is 7.55. The first-order valence-corrected chi connectivity index (χ1v) is 16.4. The molecule has 8 saturated carbocycles. The number of carbonyl (C=O) groups is 2. The zero-order valence-corrected chi connectivity index (χ0v) is 25.9. The van der Waals surface area contributed by atoms with Crippen molar-refractivity contribution in [3.05, 3.63) is 0 Å². The summed E-state index contributed by atoms with van der Waals surface area (Å²) in [5.74, 6) is 4.20. The molecule has 5 heteroatoms. The minimum absolute atomic E-state index is 0.0364. The van der Waals surface area contributed by atoms with Crippen LogP contribution in [0, 0.1) is 46.3 Å². The highest BCUT2D eigenvalue weighted by Gasteiger charge is 2.60. The highest BCUT2D eigenvalue weighted by Crippen LogP contribution is 2.61. The van der Waals surface area contributed by atoms with E-state index in [1.165, 1.54) is 38.5 Å². The van der Waals surface area contributed by atoms with Crippen LogP contribution in [0.25, 0.3) is 0 Å². The summed E-state index contributed by atoms with van der Waals surface area (Å²) in [6, 6.07) is 0. The molecule has 5 nitrogen and oxygen atoms in total. The zero-order valence-electron chi connectivity index (χ0n) is 25.9. The van der Waals surface area contributed by atoms with Crippen LogP contribution in [0.3, 0.4) is 0 Å². The van der Waals surface area contributed by atoms with Gasteiger partial charge in [0, 0.05) is 6.42 Å². The summed E-state index contributed by atoms with van der Waals surface area (Å²) in [6.07, 6.45) is 15.0. The number of aliphatic hydroxyl groups is 1. The van der Waals surface area contributed by atoms with Crippen LogP contribution in [0.2, 0.25) is 0 Å². The van der Waals surface area contributed by atoms with Crippen LogP contribution in [0.1, 0.15) is 138 Å². The van der Waals surface area contributed by atoms with E-state index in [1.807, 2.05) is 34.6 Å². The monoisotopic (exact) mass is 544 g/mol. The topological polar surface area (TPSA) is 72.8 Å². The van der Waals surface area contributed by atoms with Crippen LogP contribution in [0.15, 0.2) is 0 Å². The minimum Gasteiger partial charge on any atom is -0.459 e. The molecule has 39 heavy (non-hydrogen) atoms. The number of hydrogen-bond acceptors (Lipinski definition) is 5. The van der Waals surface area contributed by atoms with Gasteiger partial charge in [-0.1, -0.05) is 20.8 Å². The van der Waals surface area contributed by atoms with Gasteiger partial charge in [0.1, 0.15) is 11.2 Å². The lowest BCUT2D eigenvalue weighted by Crippen LogP contribution is -2.61. The van der Waals surface area contributed by atoms with E-state index in [-0.39, 0.29) is 28.6 Å². The van der Waals surface area contributed by atoms with Crippen molar-refractivity contribution in [1.29, 1.82) is 0 Å². The molecule has 2 unspecified atom stereocenters. The maximum atomic E-state index is 12.6. The van der Waals surface area contributed by atoms with Gasteiger partial charge in [-0.25, -0.2) is 0 Å². The average Bonchev–Trinajstić information content (AvgIpc) is 2.84. The van der Waals surface area contributed by atoms with Crippen LogP contribution < -0.4 is 0 Å². The molecule has 1 N–H and O–H groups in total. The molecule has 0 aliphatic heterocycles. The summed E-state index contributed by atoms with van der Waals surface area (Å²) < 4.78 is 12.3. The van der Waals surface area contributed by atoms with Gasteiger partial charge in [-0.05, 0) is 147 Å². The maximum Gasteiger partial charge on any atom is 0.312 e. The van der Waals surface area contributed by atoms with Crippen LogP contribution in [-0.2, 0) is 19.1 Å². The van der Waals surface area contributed by atoms with Crippen molar-refractivity contribution in [2.24, 2.45) is 46.3 Å². The molecule has 8 aliphatic carbocycles. The first kappa shape index (κ1) is 29.4. The van der Waals surface area contributed by atoms with Gasteiger partial charge in [0.25, 0.3) is 0 Å².